The van der Waals surface area contributed by atoms with Crippen molar-refractivity contribution in [1.29, 1.82) is 0 Å². The normalized spacial score (nSPS) is 12.8. The second-order valence-corrected chi connectivity index (χ2v) is 13.4. The molecule has 4 aromatic carbocycles. The highest BCUT2D eigenvalue weighted by Gasteiger charge is 2.30. The number of hydrogen-bond acceptors (Lipinski definition) is 7. The summed E-state index contributed by atoms with van der Waals surface area (Å²) in [6.07, 6.45) is 3.93. The molecule has 53 heavy (non-hydrogen) atoms. The van der Waals surface area contributed by atoms with Crippen molar-refractivity contribution >= 4 is 40.9 Å². The largest absolute Gasteiger partial charge is 0.467 e. The molecule has 5 aromatic rings. The minimum Gasteiger partial charge on any atom is -0.467 e. The van der Waals surface area contributed by atoms with Crippen LogP contribution < -0.4 is 16.0 Å². The van der Waals surface area contributed by atoms with Crippen molar-refractivity contribution in [3.63, 3.8) is 0 Å². The van der Waals surface area contributed by atoms with Crippen molar-refractivity contribution in [3.8, 4) is 11.1 Å². The molecule has 1 aliphatic carbocycles. The van der Waals surface area contributed by atoms with Gasteiger partial charge in [0.05, 0.1) is 7.11 Å². The summed E-state index contributed by atoms with van der Waals surface area (Å²) in [5, 5.41) is 8.92. The molecule has 9 nitrogen and oxygen atoms in total. The van der Waals surface area contributed by atoms with Crippen LogP contribution in [0.3, 0.4) is 0 Å². The molecule has 10 heteroatoms. The van der Waals surface area contributed by atoms with E-state index in [1.807, 2.05) is 67.6 Å². The number of nitrogens with zero attached hydrogens (tertiary/aromatic N) is 1. The molecule has 0 aliphatic heterocycles. The standard InChI is InChI=1S/C43H42N4O5S/c1-4-30-13-9-11-27(2)39(30)41(53)46-38(42(49)51-3)23-28-18-20-31(21-19-28)45-40(48)37(24-29-12-10-22-44-25-29)47-43(50)52-26-36-34-16-7-5-14-32(34)33-15-6-8-17-35(33)36/h5-22,25,36-38H,4,23-24,26H2,1-3H3,(H,45,48)(H,46,53)(H,47,50)/t37-,38+/m1/s1. The van der Waals surface area contributed by atoms with Gasteiger partial charge in [0.15, 0.2) is 0 Å². The molecule has 6 rings (SSSR count). The number of pyridine rings is 1. The van der Waals surface area contributed by atoms with Gasteiger partial charge in [-0.2, -0.15) is 0 Å². The molecule has 0 unspecified atom stereocenters. The van der Waals surface area contributed by atoms with E-state index in [-0.39, 0.29) is 18.9 Å². The predicted octanol–water partition coefficient (Wildman–Crippen LogP) is 7.09. The zero-order valence-corrected chi connectivity index (χ0v) is 30.7. The topological polar surface area (TPSA) is 119 Å². The number of anilines is 1. The third-order valence-corrected chi connectivity index (χ3v) is 9.86. The van der Waals surface area contributed by atoms with Gasteiger partial charge in [-0.25, -0.2) is 9.59 Å². The summed E-state index contributed by atoms with van der Waals surface area (Å²) in [6, 6.07) is 31.4. The van der Waals surface area contributed by atoms with E-state index in [2.05, 4.69) is 52.1 Å². The highest BCUT2D eigenvalue weighted by atomic mass is 32.1. The van der Waals surface area contributed by atoms with E-state index >= 15 is 0 Å². The highest BCUT2D eigenvalue weighted by molar-refractivity contribution is 7.80. The lowest BCUT2D eigenvalue weighted by Gasteiger charge is -2.21. The van der Waals surface area contributed by atoms with E-state index in [4.69, 9.17) is 21.7 Å². The number of fused-ring (bicyclic) bond motifs is 3. The molecular weight excluding hydrogens is 685 g/mol. The molecule has 270 valence electrons. The number of thiocarbonyl (C=S) groups is 1. The third kappa shape index (κ3) is 8.78. The summed E-state index contributed by atoms with van der Waals surface area (Å²) in [6.45, 7) is 4.19. The summed E-state index contributed by atoms with van der Waals surface area (Å²) in [4.78, 5) is 44.4. The van der Waals surface area contributed by atoms with Gasteiger partial charge in [0, 0.05) is 42.4 Å². The molecular formula is C43H42N4O5S. The first kappa shape index (κ1) is 36.9. The van der Waals surface area contributed by atoms with Gasteiger partial charge in [-0.3, -0.25) is 9.78 Å². The van der Waals surface area contributed by atoms with Crippen LogP contribution in [0.25, 0.3) is 11.1 Å². The number of amides is 2. The maximum absolute atomic E-state index is 13.7. The number of hydrogen-bond donors (Lipinski definition) is 3. The van der Waals surface area contributed by atoms with Gasteiger partial charge in [-0.15, -0.1) is 0 Å². The summed E-state index contributed by atoms with van der Waals surface area (Å²) < 4.78 is 10.9. The molecule has 2 amide bonds. The number of nitrogens with one attached hydrogen (secondary N) is 3. The predicted molar refractivity (Wildman–Crippen MR) is 210 cm³/mol. The van der Waals surface area contributed by atoms with Crippen LogP contribution in [0.15, 0.2) is 116 Å². The van der Waals surface area contributed by atoms with Crippen LogP contribution in [0.1, 0.15) is 51.8 Å². The van der Waals surface area contributed by atoms with E-state index < -0.39 is 30.1 Å². The van der Waals surface area contributed by atoms with E-state index in [0.29, 0.717) is 17.1 Å². The second kappa shape index (κ2) is 17.1. The first-order chi connectivity index (χ1) is 25.7. The third-order valence-electron chi connectivity index (χ3n) is 9.53. The van der Waals surface area contributed by atoms with Crippen molar-refractivity contribution in [2.24, 2.45) is 0 Å². The van der Waals surface area contributed by atoms with E-state index in [1.165, 1.54) is 7.11 Å². The van der Waals surface area contributed by atoms with Crippen LogP contribution in [0.5, 0.6) is 0 Å². The lowest BCUT2D eigenvalue weighted by atomic mass is 9.98. The number of aromatic nitrogens is 1. The first-order valence-corrected chi connectivity index (χ1v) is 18.0. The Hall–Kier alpha value is -5.87. The number of carbonyl (C=O) groups is 3. The van der Waals surface area contributed by atoms with E-state index in [0.717, 1.165) is 56.5 Å². The SMILES string of the molecule is CCc1cccc(C)c1C(=S)N[C@@H](Cc1ccc(NC(=O)[C@@H](Cc2cccnc2)NC(=O)OCC2c3ccccc3-c3ccccc32)cc1)C(=O)OC. The molecule has 2 atom stereocenters. The molecule has 0 saturated heterocycles. The smallest absolute Gasteiger partial charge is 0.407 e. The van der Waals surface area contributed by atoms with Crippen LogP contribution in [-0.4, -0.2) is 53.7 Å². The molecule has 0 spiro atoms. The maximum Gasteiger partial charge on any atom is 0.407 e. The molecule has 1 aliphatic rings. The molecule has 0 radical (unpaired) electrons. The summed E-state index contributed by atoms with van der Waals surface area (Å²) in [7, 11) is 1.35. The average molecular weight is 727 g/mol. The minimum atomic E-state index is -0.946. The Morgan fingerprint density at radius 3 is 2.11 bits per heavy atom. The molecule has 1 heterocycles. The van der Waals surface area contributed by atoms with Gasteiger partial charge in [-0.1, -0.05) is 104 Å². The Bertz CT molecular complexity index is 2060. The second-order valence-electron chi connectivity index (χ2n) is 13.0. The Morgan fingerprint density at radius 1 is 0.792 bits per heavy atom. The molecule has 0 bridgehead atoms. The quantitative estimate of drug-likeness (QED) is 0.0870. The van der Waals surface area contributed by atoms with Crippen LogP contribution in [0, 0.1) is 6.92 Å². The van der Waals surface area contributed by atoms with Crippen LogP contribution in [-0.2, 0) is 38.3 Å². The van der Waals surface area contributed by atoms with Crippen molar-refractivity contribution < 1.29 is 23.9 Å². The molecule has 1 aromatic heterocycles. The highest BCUT2D eigenvalue weighted by Crippen LogP contribution is 2.44. The lowest BCUT2D eigenvalue weighted by Crippen LogP contribution is -2.45. The van der Waals surface area contributed by atoms with Gasteiger partial charge < -0.3 is 25.4 Å². The number of ether oxygens (including phenoxy) is 2. The zero-order chi connectivity index (χ0) is 37.3. The van der Waals surface area contributed by atoms with E-state index in [1.54, 1.807) is 30.6 Å². The fourth-order valence-electron chi connectivity index (χ4n) is 6.85. The number of carbonyl (C=O) groups excluding carboxylic acids is 3. The Balaban J connectivity index is 1.11. The van der Waals surface area contributed by atoms with Gasteiger partial charge in [0.25, 0.3) is 0 Å². The number of rotatable bonds is 13. The number of alkyl carbamates (subject to hydrolysis) is 1. The fraction of sp³-hybridized carbons (Fsp3) is 0.233. The molecule has 0 fully saturated rings. The van der Waals surface area contributed by atoms with Crippen molar-refractivity contribution in [2.75, 3.05) is 19.0 Å². The minimum absolute atomic E-state index is 0.113. The number of benzene rings is 4. The maximum atomic E-state index is 13.7. The Labute approximate surface area is 315 Å². The van der Waals surface area contributed by atoms with Crippen LogP contribution in [0.2, 0.25) is 0 Å². The van der Waals surface area contributed by atoms with Crippen molar-refractivity contribution in [2.45, 2.75) is 51.1 Å². The number of methoxy groups -OCH3 is 1. The average Bonchev–Trinajstić information content (AvgIpc) is 3.50. The van der Waals surface area contributed by atoms with Gasteiger partial charge >= 0.3 is 12.1 Å². The number of aryl methyl sites for hydroxylation is 2. The van der Waals surface area contributed by atoms with Crippen molar-refractivity contribution in [1.82, 2.24) is 15.6 Å². The molecule has 0 saturated carbocycles. The summed E-state index contributed by atoms with van der Waals surface area (Å²) in [5.41, 5.74) is 9.64. The van der Waals surface area contributed by atoms with Crippen LogP contribution >= 0.6 is 12.2 Å². The van der Waals surface area contributed by atoms with Crippen LogP contribution in [0.4, 0.5) is 10.5 Å². The first-order valence-electron chi connectivity index (χ1n) is 17.6. The van der Waals surface area contributed by atoms with Gasteiger partial charge in [0.1, 0.15) is 23.7 Å². The monoisotopic (exact) mass is 726 g/mol. The van der Waals surface area contributed by atoms with E-state index in [9.17, 15) is 14.4 Å². The zero-order valence-electron chi connectivity index (χ0n) is 29.9. The Morgan fingerprint density at radius 2 is 1.47 bits per heavy atom. The fourth-order valence-corrected chi connectivity index (χ4v) is 7.28. The summed E-state index contributed by atoms with van der Waals surface area (Å²) >= 11 is 5.76. The van der Waals surface area contributed by atoms with Crippen molar-refractivity contribution in [3.05, 3.63) is 154 Å². The van der Waals surface area contributed by atoms with Gasteiger partial charge in [0.2, 0.25) is 5.91 Å². The summed E-state index contributed by atoms with van der Waals surface area (Å²) in [5.74, 6) is -0.966. The number of esters is 1. The molecule has 3 N–H and O–H groups in total. The van der Waals surface area contributed by atoms with Gasteiger partial charge in [-0.05, 0) is 76.1 Å². The Kier molecular flexibility index (Phi) is 11.9. The lowest BCUT2D eigenvalue weighted by molar-refractivity contribution is -0.142.